The van der Waals surface area contributed by atoms with Crippen LogP contribution in [0.3, 0.4) is 0 Å². The summed E-state index contributed by atoms with van der Waals surface area (Å²) in [4.78, 5) is 34.5. The lowest BCUT2D eigenvalue weighted by molar-refractivity contribution is -0.125. The fourth-order valence-corrected chi connectivity index (χ4v) is 2.41. The Labute approximate surface area is 135 Å². The zero-order valence-corrected chi connectivity index (χ0v) is 13.6. The lowest BCUT2D eigenvalue weighted by Crippen LogP contribution is -2.32. The molecule has 0 aliphatic carbocycles. The molecule has 0 spiro atoms. The smallest absolute Gasteiger partial charge is 0.407 e. The average molecular weight is 318 g/mol. The second kappa shape index (κ2) is 6.81. The second-order valence-electron chi connectivity index (χ2n) is 6.69. The normalized spacial score (nSPS) is 17.8. The number of rotatable bonds is 4. The fourth-order valence-electron chi connectivity index (χ4n) is 2.41. The molecule has 2 rings (SSSR count). The molecule has 1 unspecified atom stereocenters. The van der Waals surface area contributed by atoms with Gasteiger partial charge in [0.05, 0.1) is 5.92 Å². The van der Waals surface area contributed by atoms with E-state index in [1.807, 2.05) is 24.3 Å². The zero-order valence-electron chi connectivity index (χ0n) is 13.6. The quantitative estimate of drug-likeness (QED) is 0.831. The van der Waals surface area contributed by atoms with Crippen LogP contribution < -0.4 is 10.6 Å². The molecule has 1 atom stereocenters. The third kappa shape index (κ3) is 5.39. The highest BCUT2D eigenvalue weighted by molar-refractivity contribution is 6.03. The standard InChI is InChI=1S/C17H22N2O4/c1-17(2,3)23-16(22)18-10-12-6-4-5-11(7-12)8-13-9-14(20)19-15(13)21/h4-7,13H,8-10H2,1-3H3,(H,18,22)(H,19,20,21). The van der Waals surface area contributed by atoms with E-state index >= 15 is 0 Å². The molecule has 1 saturated heterocycles. The topological polar surface area (TPSA) is 84.5 Å². The molecule has 0 aromatic heterocycles. The SMILES string of the molecule is CC(C)(C)OC(=O)NCc1cccc(CC2CC(=O)NC2=O)c1. The van der Waals surface area contributed by atoms with Gasteiger partial charge in [0.1, 0.15) is 5.60 Å². The molecular formula is C17H22N2O4. The molecule has 1 aromatic rings. The van der Waals surface area contributed by atoms with E-state index < -0.39 is 11.7 Å². The third-order valence-corrected chi connectivity index (χ3v) is 3.37. The van der Waals surface area contributed by atoms with Crippen LogP contribution in [0.2, 0.25) is 0 Å². The van der Waals surface area contributed by atoms with Crippen LogP contribution in [-0.2, 0) is 27.3 Å². The Morgan fingerprint density at radius 3 is 2.61 bits per heavy atom. The molecule has 6 nitrogen and oxygen atoms in total. The van der Waals surface area contributed by atoms with E-state index in [0.29, 0.717) is 13.0 Å². The highest BCUT2D eigenvalue weighted by atomic mass is 16.6. The molecule has 1 heterocycles. The van der Waals surface area contributed by atoms with Crippen molar-refractivity contribution in [3.05, 3.63) is 35.4 Å². The van der Waals surface area contributed by atoms with E-state index in [-0.39, 0.29) is 24.2 Å². The molecule has 124 valence electrons. The van der Waals surface area contributed by atoms with Crippen molar-refractivity contribution in [2.45, 2.75) is 45.8 Å². The molecular weight excluding hydrogens is 296 g/mol. The van der Waals surface area contributed by atoms with E-state index in [2.05, 4.69) is 10.6 Å². The van der Waals surface area contributed by atoms with Crippen LogP contribution in [0.5, 0.6) is 0 Å². The minimum Gasteiger partial charge on any atom is -0.444 e. The van der Waals surface area contributed by atoms with Gasteiger partial charge in [-0.25, -0.2) is 4.79 Å². The summed E-state index contributed by atoms with van der Waals surface area (Å²) in [7, 11) is 0. The van der Waals surface area contributed by atoms with Crippen LogP contribution in [0.4, 0.5) is 4.79 Å². The molecule has 1 aliphatic rings. The summed E-state index contributed by atoms with van der Waals surface area (Å²) in [5.74, 6) is -0.744. The van der Waals surface area contributed by atoms with Crippen molar-refractivity contribution in [2.75, 3.05) is 0 Å². The number of nitrogens with one attached hydrogen (secondary N) is 2. The summed E-state index contributed by atoms with van der Waals surface area (Å²) in [5.41, 5.74) is 1.34. The van der Waals surface area contributed by atoms with Gasteiger partial charge in [0.25, 0.3) is 0 Å². The minimum absolute atomic E-state index is 0.215. The second-order valence-corrected chi connectivity index (χ2v) is 6.69. The highest BCUT2D eigenvalue weighted by Crippen LogP contribution is 2.18. The van der Waals surface area contributed by atoms with Gasteiger partial charge in [-0.3, -0.25) is 14.9 Å². The number of carbonyl (C=O) groups excluding carboxylic acids is 3. The van der Waals surface area contributed by atoms with Crippen molar-refractivity contribution in [1.82, 2.24) is 10.6 Å². The van der Waals surface area contributed by atoms with Gasteiger partial charge in [-0.15, -0.1) is 0 Å². The van der Waals surface area contributed by atoms with Crippen LogP contribution in [0.15, 0.2) is 24.3 Å². The number of ether oxygens (including phenoxy) is 1. The van der Waals surface area contributed by atoms with E-state index in [0.717, 1.165) is 11.1 Å². The fraction of sp³-hybridized carbons (Fsp3) is 0.471. The van der Waals surface area contributed by atoms with Crippen molar-refractivity contribution in [3.63, 3.8) is 0 Å². The first-order chi connectivity index (χ1) is 10.7. The highest BCUT2D eigenvalue weighted by Gasteiger charge is 2.30. The average Bonchev–Trinajstić information content (AvgIpc) is 2.73. The molecule has 1 fully saturated rings. The minimum atomic E-state index is -0.533. The Bertz CT molecular complexity index is 619. The molecule has 3 amide bonds. The number of amides is 3. The maximum atomic E-state index is 11.7. The number of benzene rings is 1. The summed E-state index contributed by atoms with van der Waals surface area (Å²) >= 11 is 0. The number of carbonyl (C=O) groups is 3. The predicted octanol–water partition coefficient (Wildman–Crippen LogP) is 1.92. The lowest BCUT2D eigenvalue weighted by Gasteiger charge is -2.19. The summed E-state index contributed by atoms with van der Waals surface area (Å²) in [6.45, 7) is 5.77. The molecule has 0 radical (unpaired) electrons. The molecule has 2 N–H and O–H groups in total. The van der Waals surface area contributed by atoms with Crippen molar-refractivity contribution in [1.29, 1.82) is 0 Å². The predicted molar refractivity (Wildman–Crippen MR) is 84.5 cm³/mol. The van der Waals surface area contributed by atoms with Crippen LogP contribution in [-0.4, -0.2) is 23.5 Å². The molecule has 1 aliphatic heterocycles. The number of hydrogen-bond acceptors (Lipinski definition) is 4. The van der Waals surface area contributed by atoms with Gasteiger partial charge in [0.15, 0.2) is 0 Å². The Hall–Kier alpha value is -2.37. The van der Waals surface area contributed by atoms with E-state index in [1.54, 1.807) is 20.8 Å². The molecule has 1 aromatic carbocycles. The zero-order chi connectivity index (χ0) is 17.0. The van der Waals surface area contributed by atoms with E-state index in [4.69, 9.17) is 4.74 Å². The van der Waals surface area contributed by atoms with Crippen molar-refractivity contribution >= 4 is 17.9 Å². The van der Waals surface area contributed by atoms with Gasteiger partial charge in [-0.1, -0.05) is 24.3 Å². The summed E-state index contributed by atoms with van der Waals surface area (Å²) in [6.07, 6.45) is 0.278. The third-order valence-electron chi connectivity index (χ3n) is 3.37. The largest absolute Gasteiger partial charge is 0.444 e. The Kier molecular flexibility index (Phi) is 5.03. The maximum absolute atomic E-state index is 11.7. The maximum Gasteiger partial charge on any atom is 0.407 e. The number of alkyl carbamates (subject to hydrolysis) is 1. The molecule has 23 heavy (non-hydrogen) atoms. The lowest BCUT2D eigenvalue weighted by atomic mass is 9.97. The monoisotopic (exact) mass is 318 g/mol. The van der Waals surface area contributed by atoms with Gasteiger partial charge in [-0.05, 0) is 38.3 Å². The first-order valence-electron chi connectivity index (χ1n) is 7.61. The van der Waals surface area contributed by atoms with Gasteiger partial charge < -0.3 is 10.1 Å². The Morgan fingerprint density at radius 2 is 2.00 bits per heavy atom. The van der Waals surface area contributed by atoms with Crippen molar-refractivity contribution in [3.8, 4) is 0 Å². The van der Waals surface area contributed by atoms with Crippen LogP contribution >= 0.6 is 0 Å². The van der Waals surface area contributed by atoms with E-state index in [1.165, 1.54) is 0 Å². The van der Waals surface area contributed by atoms with Crippen molar-refractivity contribution in [2.24, 2.45) is 5.92 Å². The van der Waals surface area contributed by atoms with Crippen molar-refractivity contribution < 1.29 is 19.1 Å². The van der Waals surface area contributed by atoms with Crippen LogP contribution in [0.1, 0.15) is 38.3 Å². The summed E-state index contributed by atoms with van der Waals surface area (Å²) in [5, 5.41) is 5.01. The Balaban J connectivity index is 1.91. The number of imide groups is 1. The number of hydrogen-bond donors (Lipinski definition) is 2. The summed E-state index contributed by atoms with van der Waals surface area (Å²) in [6, 6.07) is 7.59. The Morgan fingerprint density at radius 1 is 1.30 bits per heavy atom. The molecule has 0 saturated carbocycles. The first kappa shape index (κ1) is 17.0. The van der Waals surface area contributed by atoms with Crippen LogP contribution in [0, 0.1) is 5.92 Å². The summed E-state index contributed by atoms with van der Waals surface area (Å²) < 4.78 is 5.18. The first-order valence-corrected chi connectivity index (χ1v) is 7.61. The van der Waals surface area contributed by atoms with Gasteiger partial charge in [0, 0.05) is 13.0 Å². The molecule has 6 heteroatoms. The van der Waals surface area contributed by atoms with Gasteiger partial charge in [-0.2, -0.15) is 0 Å². The van der Waals surface area contributed by atoms with Crippen LogP contribution in [0.25, 0.3) is 0 Å². The molecule has 0 bridgehead atoms. The van der Waals surface area contributed by atoms with E-state index in [9.17, 15) is 14.4 Å². The van der Waals surface area contributed by atoms with Gasteiger partial charge in [0.2, 0.25) is 11.8 Å². The van der Waals surface area contributed by atoms with Gasteiger partial charge >= 0.3 is 6.09 Å².